The van der Waals surface area contributed by atoms with Gasteiger partial charge in [-0.15, -0.1) is 0 Å². The minimum atomic E-state index is -0.445. The van der Waals surface area contributed by atoms with E-state index in [1.807, 2.05) is 13.8 Å². The summed E-state index contributed by atoms with van der Waals surface area (Å²) in [5.74, 6) is 0.507. The summed E-state index contributed by atoms with van der Waals surface area (Å²) in [7, 11) is 1.49. The van der Waals surface area contributed by atoms with Crippen molar-refractivity contribution in [1.82, 2.24) is 0 Å². The van der Waals surface area contributed by atoms with Crippen LogP contribution in [0, 0.1) is 10.1 Å². The molecule has 1 aromatic rings. The standard InChI is InChI=1S/C11H16N2O3/c1-11(2,12)7-8-4-5-9(13(14)15)6-10(8)16-3/h4-6H,7,12H2,1-3H3. The minimum Gasteiger partial charge on any atom is -0.496 e. The number of non-ortho nitro benzene ring substituents is 1. The molecule has 0 heterocycles. The molecule has 5 heteroatoms. The molecule has 88 valence electrons. The molecular formula is C11H16N2O3. The third-order valence-corrected chi connectivity index (χ3v) is 2.13. The Balaban J connectivity index is 3.07. The van der Waals surface area contributed by atoms with Gasteiger partial charge in [-0.25, -0.2) is 0 Å². The molecule has 5 nitrogen and oxygen atoms in total. The molecule has 0 fully saturated rings. The van der Waals surface area contributed by atoms with Crippen molar-refractivity contribution in [2.45, 2.75) is 25.8 Å². The number of nitrogens with two attached hydrogens (primary N) is 1. The number of nitro benzene ring substituents is 1. The van der Waals surface area contributed by atoms with E-state index >= 15 is 0 Å². The second-order valence-electron chi connectivity index (χ2n) is 4.42. The number of hydrogen-bond acceptors (Lipinski definition) is 4. The van der Waals surface area contributed by atoms with Gasteiger partial charge >= 0.3 is 0 Å². The third kappa shape index (κ3) is 3.20. The molecule has 1 aromatic carbocycles. The first-order chi connectivity index (χ1) is 7.33. The molecular weight excluding hydrogens is 208 g/mol. The minimum absolute atomic E-state index is 0.0235. The molecule has 0 spiro atoms. The van der Waals surface area contributed by atoms with E-state index in [0.717, 1.165) is 5.56 Å². The monoisotopic (exact) mass is 224 g/mol. The highest BCUT2D eigenvalue weighted by Crippen LogP contribution is 2.26. The Labute approximate surface area is 94.4 Å². The average Bonchev–Trinajstić information content (AvgIpc) is 2.15. The first-order valence-corrected chi connectivity index (χ1v) is 4.93. The summed E-state index contributed by atoms with van der Waals surface area (Å²) in [6, 6.07) is 4.57. The average molecular weight is 224 g/mol. The highest BCUT2D eigenvalue weighted by atomic mass is 16.6. The smallest absolute Gasteiger partial charge is 0.273 e. The van der Waals surface area contributed by atoms with Gasteiger partial charge in [-0.2, -0.15) is 0 Å². The van der Waals surface area contributed by atoms with E-state index in [-0.39, 0.29) is 11.2 Å². The molecule has 0 saturated carbocycles. The van der Waals surface area contributed by atoms with Crippen LogP contribution in [0.25, 0.3) is 0 Å². The van der Waals surface area contributed by atoms with E-state index in [4.69, 9.17) is 10.5 Å². The summed E-state index contributed by atoms with van der Waals surface area (Å²) in [4.78, 5) is 10.1. The van der Waals surface area contributed by atoms with E-state index in [0.29, 0.717) is 12.2 Å². The van der Waals surface area contributed by atoms with Crippen molar-refractivity contribution in [2.24, 2.45) is 5.73 Å². The van der Waals surface area contributed by atoms with Crippen molar-refractivity contribution >= 4 is 5.69 Å². The van der Waals surface area contributed by atoms with Gasteiger partial charge in [0.05, 0.1) is 18.1 Å². The van der Waals surface area contributed by atoms with Crippen molar-refractivity contribution in [3.63, 3.8) is 0 Å². The Hall–Kier alpha value is -1.62. The zero-order valence-corrected chi connectivity index (χ0v) is 9.69. The first-order valence-electron chi connectivity index (χ1n) is 4.93. The molecule has 0 bridgehead atoms. The highest BCUT2D eigenvalue weighted by molar-refractivity contribution is 5.44. The van der Waals surface area contributed by atoms with Crippen LogP contribution in [0.2, 0.25) is 0 Å². The van der Waals surface area contributed by atoms with Crippen molar-refractivity contribution in [3.8, 4) is 5.75 Å². The fraction of sp³-hybridized carbons (Fsp3) is 0.455. The Morgan fingerprint density at radius 2 is 2.12 bits per heavy atom. The molecule has 0 radical (unpaired) electrons. The predicted molar refractivity (Wildman–Crippen MR) is 61.6 cm³/mol. The summed E-state index contributed by atoms with van der Waals surface area (Å²) in [6.45, 7) is 3.79. The second kappa shape index (κ2) is 4.49. The Morgan fingerprint density at radius 3 is 2.56 bits per heavy atom. The molecule has 0 amide bonds. The largest absolute Gasteiger partial charge is 0.496 e. The van der Waals surface area contributed by atoms with Crippen LogP contribution in [-0.4, -0.2) is 17.6 Å². The topological polar surface area (TPSA) is 78.4 Å². The van der Waals surface area contributed by atoms with Gasteiger partial charge in [-0.3, -0.25) is 10.1 Å². The van der Waals surface area contributed by atoms with Crippen LogP contribution in [0.3, 0.4) is 0 Å². The Kier molecular flexibility index (Phi) is 3.49. The second-order valence-corrected chi connectivity index (χ2v) is 4.42. The van der Waals surface area contributed by atoms with Crippen molar-refractivity contribution < 1.29 is 9.66 Å². The van der Waals surface area contributed by atoms with Crippen LogP contribution in [0.15, 0.2) is 18.2 Å². The quantitative estimate of drug-likeness (QED) is 0.625. The highest BCUT2D eigenvalue weighted by Gasteiger charge is 2.17. The van der Waals surface area contributed by atoms with Crippen LogP contribution >= 0.6 is 0 Å². The van der Waals surface area contributed by atoms with Gasteiger partial charge in [0.25, 0.3) is 5.69 Å². The SMILES string of the molecule is COc1cc([N+](=O)[O-])ccc1CC(C)(C)N. The Bertz CT molecular complexity index is 397. The molecule has 0 aliphatic rings. The summed E-state index contributed by atoms with van der Waals surface area (Å²) < 4.78 is 5.12. The summed E-state index contributed by atoms with van der Waals surface area (Å²) in [5, 5.41) is 10.6. The maximum atomic E-state index is 10.6. The van der Waals surface area contributed by atoms with Gasteiger partial charge in [0.2, 0.25) is 0 Å². The van der Waals surface area contributed by atoms with Crippen LogP contribution in [-0.2, 0) is 6.42 Å². The zero-order chi connectivity index (χ0) is 12.3. The van der Waals surface area contributed by atoms with Gasteiger partial charge in [0.15, 0.2) is 0 Å². The van der Waals surface area contributed by atoms with E-state index in [1.54, 1.807) is 6.07 Å². The van der Waals surface area contributed by atoms with Crippen LogP contribution in [0.4, 0.5) is 5.69 Å². The number of hydrogen-bond donors (Lipinski definition) is 1. The van der Waals surface area contributed by atoms with E-state index in [9.17, 15) is 10.1 Å². The van der Waals surface area contributed by atoms with Crippen LogP contribution in [0.5, 0.6) is 5.75 Å². The Morgan fingerprint density at radius 1 is 1.50 bits per heavy atom. The summed E-state index contributed by atoms with van der Waals surface area (Å²) in [5.41, 5.74) is 6.43. The third-order valence-electron chi connectivity index (χ3n) is 2.13. The number of methoxy groups -OCH3 is 1. The lowest BCUT2D eigenvalue weighted by Crippen LogP contribution is -2.34. The number of nitro groups is 1. The van der Waals surface area contributed by atoms with E-state index < -0.39 is 4.92 Å². The molecule has 0 aliphatic heterocycles. The van der Waals surface area contributed by atoms with Gasteiger partial charge in [0, 0.05) is 11.6 Å². The lowest BCUT2D eigenvalue weighted by molar-refractivity contribution is -0.384. The number of ether oxygens (including phenoxy) is 1. The van der Waals surface area contributed by atoms with Gasteiger partial charge in [-0.05, 0) is 31.9 Å². The maximum absolute atomic E-state index is 10.6. The molecule has 0 atom stereocenters. The molecule has 16 heavy (non-hydrogen) atoms. The van der Waals surface area contributed by atoms with Gasteiger partial charge in [-0.1, -0.05) is 0 Å². The summed E-state index contributed by atoms with van der Waals surface area (Å²) in [6.07, 6.45) is 0.605. The lowest BCUT2D eigenvalue weighted by atomic mass is 9.95. The molecule has 0 saturated heterocycles. The van der Waals surface area contributed by atoms with E-state index in [1.165, 1.54) is 19.2 Å². The normalized spacial score (nSPS) is 11.2. The number of rotatable bonds is 4. The fourth-order valence-corrected chi connectivity index (χ4v) is 1.48. The van der Waals surface area contributed by atoms with Crippen LogP contribution < -0.4 is 10.5 Å². The van der Waals surface area contributed by atoms with Gasteiger partial charge < -0.3 is 10.5 Å². The maximum Gasteiger partial charge on any atom is 0.273 e. The number of benzene rings is 1. The lowest BCUT2D eigenvalue weighted by Gasteiger charge is -2.19. The molecule has 0 aliphatic carbocycles. The van der Waals surface area contributed by atoms with Crippen LogP contribution in [0.1, 0.15) is 19.4 Å². The summed E-state index contributed by atoms with van der Waals surface area (Å²) >= 11 is 0. The molecule has 0 unspecified atom stereocenters. The van der Waals surface area contributed by atoms with Crippen molar-refractivity contribution in [1.29, 1.82) is 0 Å². The van der Waals surface area contributed by atoms with E-state index in [2.05, 4.69) is 0 Å². The van der Waals surface area contributed by atoms with Crippen molar-refractivity contribution in [2.75, 3.05) is 7.11 Å². The zero-order valence-electron chi connectivity index (χ0n) is 9.69. The number of nitrogens with zero attached hydrogens (tertiary/aromatic N) is 1. The van der Waals surface area contributed by atoms with Gasteiger partial charge in [0.1, 0.15) is 5.75 Å². The molecule has 2 N–H and O–H groups in total. The molecule has 0 aromatic heterocycles. The predicted octanol–water partition coefficient (Wildman–Crippen LogP) is 1.88. The first kappa shape index (κ1) is 12.4. The molecule has 1 rings (SSSR count). The van der Waals surface area contributed by atoms with Crippen molar-refractivity contribution in [3.05, 3.63) is 33.9 Å². The fourth-order valence-electron chi connectivity index (χ4n) is 1.48.